The zero-order valence-corrected chi connectivity index (χ0v) is 12.1. The fraction of sp³-hybridized carbons (Fsp3) is 0.727. The first kappa shape index (κ1) is 16.9. The van der Waals surface area contributed by atoms with Crippen LogP contribution in [0.4, 0.5) is 0 Å². The molecular formula is C11H18BrNO5. The summed E-state index contributed by atoms with van der Waals surface area (Å²) in [6.07, 6.45) is 0.313. The number of carbonyl (C=O) groups is 3. The topological polar surface area (TPSA) is 81.7 Å². The molecule has 0 aromatic rings. The molecule has 0 aliphatic carbocycles. The van der Waals surface area contributed by atoms with Crippen molar-refractivity contribution in [2.75, 3.05) is 25.1 Å². The lowest BCUT2D eigenvalue weighted by Gasteiger charge is -2.14. The summed E-state index contributed by atoms with van der Waals surface area (Å²) in [4.78, 5) is 34.3. The molecule has 1 unspecified atom stereocenters. The molecule has 1 N–H and O–H groups in total. The smallest absolute Gasteiger partial charge is 0.325 e. The van der Waals surface area contributed by atoms with Crippen LogP contribution in [0.15, 0.2) is 0 Å². The molecule has 0 saturated carbocycles. The molecule has 0 spiro atoms. The third-order valence-electron chi connectivity index (χ3n) is 2.00. The van der Waals surface area contributed by atoms with Gasteiger partial charge in [0.1, 0.15) is 12.5 Å². The Bertz CT molecular complexity index is 295. The average molecular weight is 324 g/mol. The van der Waals surface area contributed by atoms with E-state index in [9.17, 15) is 14.4 Å². The second kappa shape index (κ2) is 9.87. The highest BCUT2D eigenvalue weighted by molar-refractivity contribution is 9.09. The van der Waals surface area contributed by atoms with Gasteiger partial charge in [0, 0.05) is 5.33 Å². The van der Waals surface area contributed by atoms with E-state index in [0.29, 0.717) is 11.8 Å². The van der Waals surface area contributed by atoms with E-state index >= 15 is 0 Å². The largest absolute Gasteiger partial charge is 0.465 e. The second-order valence-electron chi connectivity index (χ2n) is 3.31. The van der Waals surface area contributed by atoms with Crippen LogP contribution in [0.25, 0.3) is 0 Å². The number of alkyl halides is 1. The van der Waals surface area contributed by atoms with Crippen molar-refractivity contribution in [2.45, 2.75) is 20.3 Å². The minimum Gasteiger partial charge on any atom is -0.465 e. The molecule has 18 heavy (non-hydrogen) atoms. The molecule has 0 fully saturated rings. The highest BCUT2D eigenvalue weighted by atomic mass is 79.9. The third-order valence-corrected chi connectivity index (χ3v) is 2.46. The number of hydrogen-bond donors (Lipinski definition) is 1. The molecule has 0 radical (unpaired) electrons. The molecular weight excluding hydrogens is 306 g/mol. The van der Waals surface area contributed by atoms with Crippen molar-refractivity contribution < 1.29 is 23.9 Å². The lowest BCUT2D eigenvalue weighted by molar-refractivity contribution is -0.153. The van der Waals surface area contributed by atoms with E-state index in [-0.39, 0.29) is 19.8 Å². The van der Waals surface area contributed by atoms with Crippen LogP contribution in [0.3, 0.4) is 0 Å². The summed E-state index contributed by atoms with van der Waals surface area (Å²) >= 11 is 3.16. The Labute approximate surface area is 115 Å². The minimum absolute atomic E-state index is 0.211. The molecule has 0 rings (SSSR count). The van der Waals surface area contributed by atoms with Gasteiger partial charge in [-0.3, -0.25) is 14.4 Å². The lowest BCUT2D eigenvalue weighted by atomic mass is 10.1. The van der Waals surface area contributed by atoms with Gasteiger partial charge in [0.2, 0.25) is 5.91 Å². The number of ether oxygens (including phenoxy) is 2. The summed E-state index contributed by atoms with van der Waals surface area (Å²) in [7, 11) is 0. The van der Waals surface area contributed by atoms with Gasteiger partial charge in [-0.15, -0.1) is 0 Å². The van der Waals surface area contributed by atoms with Crippen LogP contribution in [-0.4, -0.2) is 42.9 Å². The van der Waals surface area contributed by atoms with Crippen LogP contribution >= 0.6 is 15.9 Å². The summed E-state index contributed by atoms with van der Waals surface area (Å²) in [5.41, 5.74) is 0. The summed E-state index contributed by atoms with van der Waals surface area (Å²) in [6, 6.07) is 0. The van der Waals surface area contributed by atoms with Gasteiger partial charge in [-0.05, 0) is 20.3 Å². The first-order chi connectivity index (χ1) is 8.56. The van der Waals surface area contributed by atoms with Crippen LogP contribution < -0.4 is 5.32 Å². The SMILES string of the molecule is CCOC(=O)CNC(=O)C(CCBr)C(=O)OCC. The molecule has 0 heterocycles. The van der Waals surface area contributed by atoms with E-state index in [1.54, 1.807) is 13.8 Å². The summed E-state index contributed by atoms with van der Waals surface area (Å²) in [5.74, 6) is -2.55. The average Bonchev–Trinajstić information content (AvgIpc) is 2.33. The minimum atomic E-state index is -0.904. The quantitative estimate of drug-likeness (QED) is 0.402. The van der Waals surface area contributed by atoms with Crippen molar-refractivity contribution in [3.05, 3.63) is 0 Å². The summed E-state index contributed by atoms with van der Waals surface area (Å²) in [5, 5.41) is 2.85. The van der Waals surface area contributed by atoms with E-state index in [0.717, 1.165) is 0 Å². The lowest BCUT2D eigenvalue weighted by Crippen LogP contribution is -2.39. The Morgan fingerprint density at radius 2 is 1.78 bits per heavy atom. The Hall–Kier alpha value is -1.11. The molecule has 0 bridgehead atoms. The maximum absolute atomic E-state index is 11.7. The Morgan fingerprint density at radius 3 is 2.28 bits per heavy atom. The summed E-state index contributed by atoms with van der Waals surface area (Å²) in [6.45, 7) is 3.55. The van der Waals surface area contributed by atoms with Gasteiger partial charge in [0.15, 0.2) is 0 Å². The zero-order valence-electron chi connectivity index (χ0n) is 10.5. The number of carbonyl (C=O) groups excluding carboxylic acids is 3. The van der Waals surface area contributed by atoms with E-state index < -0.39 is 23.8 Å². The standard InChI is InChI=1S/C11H18BrNO5/c1-3-17-9(14)7-13-10(15)8(5-6-12)11(16)18-4-2/h8H,3-7H2,1-2H3,(H,13,15). The maximum Gasteiger partial charge on any atom is 0.325 e. The fourth-order valence-corrected chi connectivity index (χ4v) is 1.66. The molecule has 1 atom stereocenters. The Kier molecular flexibility index (Phi) is 9.26. The van der Waals surface area contributed by atoms with Gasteiger partial charge in [0.05, 0.1) is 13.2 Å². The number of nitrogens with one attached hydrogen (secondary N) is 1. The number of hydrogen-bond acceptors (Lipinski definition) is 5. The van der Waals surface area contributed by atoms with Crippen molar-refractivity contribution in [3.8, 4) is 0 Å². The molecule has 0 saturated heterocycles. The van der Waals surface area contributed by atoms with Crippen molar-refractivity contribution in [1.82, 2.24) is 5.32 Å². The molecule has 0 aliphatic heterocycles. The summed E-state index contributed by atoms with van der Waals surface area (Å²) < 4.78 is 9.46. The predicted molar refractivity (Wildman–Crippen MR) is 68.2 cm³/mol. The van der Waals surface area contributed by atoms with Crippen molar-refractivity contribution >= 4 is 33.8 Å². The van der Waals surface area contributed by atoms with Gasteiger partial charge < -0.3 is 14.8 Å². The normalized spacial score (nSPS) is 11.5. The first-order valence-electron chi connectivity index (χ1n) is 5.72. The molecule has 6 nitrogen and oxygen atoms in total. The number of esters is 2. The van der Waals surface area contributed by atoms with Crippen molar-refractivity contribution in [3.63, 3.8) is 0 Å². The van der Waals surface area contributed by atoms with Crippen LogP contribution in [0.1, 0.15) is 20.3 Å². The van der Waals surface area contributed by atoms with E-state index in [1.807, 2.05) is 0 Å². The van der Waals surface area contributed by atoms with Crippen molar-refractivity contribution in [1.29, 1.82) is 0 Å². The van der Waals surface area contributed by atoms with Gasteiger partial charge in [-0.1, -0.05) is 15.9 Å². The maximum atomic E-state index is 11.7. The van der Waals surface area contributed by atoms with E-state index in [4.69, 9.17) is 4.74 Å². The van der Waals surface area contributed by atoms with E-state index in [1.165, 1.54) is 0 Å². The highest BCUT2D eigenvalue weighted by Crippen LogP contribution is 2.08. The van der Waals surface area contributed by atoms with Gasteiger partial charge in [0.25, 0.3) is 0 Å². The van der Waals surface area contributed by atoms with Crippen molar-refractivity contribution in [2.24, 2.45) is 5.92 Å². The molecule has 104 valence electrons. The monoisotopic (exact) mass is 323 g/mol. The first-order valence-corrected chi connectivity index (χ1v) is 6.84. The van der Waals surface area contributed by atoms with Crippen LogP contribution in [0.2, 0.25) is 0 Å². The molecule has 7 heteroatoms. The van der Waals surface area contributed by atoms with Crippen LogP contribution in [0, 0.1) is 5.92 Å². The van der Waals surface area contributed by atoms with Gasteiger partial charge in [-0.25, -0.2) is 0 Å². The van der Waals surface area contributed by atoms with E-state index in [2.05, 4.69) is 26.0 Å². The third kappa shape index (κ3) is 6.58. The molecule has 0 aliphatic rings. The number of rotatable bonds is 8. The van der Waals surface area contributed by atoms with Crippen LogP contribution in [0.5, 0.6) is 0 Å². The number of amides is 1. The fourth-order valence-electron chi connectivity index (χ4n) is 1.20. The van der Waals surface area contributed by atoms with Crippen LogP contribution in [-0.2, 0) is 23.9 Å². The molecule has 1 amide bonds. The molecule has 0 aromatic heterocycles. The zero-order chi connectivity index (χ0) is 14.0. The Balaban J connectivity index is 4.30. The molecule has 0 aromatic carbocycles. The predicted octanol–water partition coefficient (Wildman–Crippen LogP) is 0.630. The van der Waals surface area contributed by atoms with Gasteiger partial charge >= 0.3 is 11.9 Å². The highest BCUT2D eigenvalue weighted by Gasteiger charge is 2.27. The Morgan fingerprint density at radius 1 is 1.17 bits per heavy atom. The van der Waals surface area contributed by atoms with Gasteiger partial charge in [-0.2, -0.15) is 0 Å². The second-order valence-corrected chi connectivity index (χ2v) is 4.10. The number of halogens is 1.